The van der Waals surface area contributed by atoms with Gasteiger partial charge >= 0.3 is 0 Å². The zero-order valence-electron chi connectivity index (χ0n) is 30.2. The van der Waals surface area contributed by atoms with E-state index in [-0.39, 0.29) is 0 Å². The van der Waals surface area contributed by atoms with Crippen LogP contribution in [0, 0.1) is 0 Å². The van der Waals surface area contributed by atoms with Crippen molar-refractivity contribution in [3.8, 4) is 62.1 Å². The van der Waals surface area contributed by atoms with Gasteiger partial charge in [-0.05, 0) is 64.7 Å². The Bertz CT molecular complexity index is 3240. The number of hydrogen-bond donors (Lipinski definition) is 0. The molecular weight excluding hydrogens is 685 g/mol. The Kier molecular flexibility index (Phi) is 7.42. The number of hydrogen-bond acceptors (Lipinski definition) is 4. The van der Waals surface area contributed by atoms with Crippen molar-refractivity contribution >= 4 is 43.7 Å². The molecule has 0 fully saturated rings. The summed E-state index contributed by atoms with van der Waals surface area (Å²) in [5.41, 5.74) is 12.2. The lowest BCUT2D eigenvalue weighted by atomic mass is 10.0. The molecule has 0 aliphatic rings. The molecule has 8 aromatic carbocycles. The van der Waals surface area contributed by atoms with E-state index in [0.29, 0.717) is 17.5 Å². The smallest absolute Gasteiger partial charge is 0.164 e. The zero-order chi connectivity index (χ0) is 37.0. The van der Waals surface area contributed by atoms with Crippen LogP contribution < -0.4 is 0 Å². The summed E-state index contributed by atoms with van der Waals surface area (Å²) in [4.78, 5) is 15.3. The minimum Gasteiger partial charge on any atom is -0.456 e. The molecule has 0 unspecified atom stereocenters. The summed E-state index contributed by atoms with van der Waals surface area (Å²) in [7, 11) is 0. The highest BCUT2D eigenvalue weighted by Gasteiger charge is 2.20. The topological polar surface area (TPSA) is 56.7 Å². The number of benzene rings is 8. The molecule has 0 bridgehead atoms. The van der Waals surface area contributed by atoms with E-state index in [4.69, 9.17) is 19.4 Å². The number of rotatable bonds is 6. The van der Waals surface area contributed by atoms with Crippen LogP contribution in [0.15, 0.2) is 199 Å². The first-order valence-corrected chi connectivity index (χ1v) is 18.8. The van der Waals surface area contributed by atoms with Crippen LogP contribution in [-0.2, 0) is 0 Å². The molecule has 11 aromatic rings. The van der Waals surface area contributed by atoms with Crippen molar-refractivity contribution in [2.24, 2.45) is 0 Å². The van der Waals surface area contributed by atoms with Crippen molar-refractivity contribution in [2.45, 2.75) is 0 Å². The Balaban J connectivity index is 1.12. The lowest BCUT2D eigenvalue weighted by Gasteiger charge is -2.12. The molecule has 0 radical (unpaired) electrons. The third kappa shape index (κ3) is 5.37. The first-order chi connectivity index (χ1) is 27.7. The summed E-state index contributed by atoms with van der Waals surface area (Å²) in [6, 6.07) is 67.4. The maximum atomic E-state index is 6.58. The first-order valence-electron chi connectivity index (χ1n) is 18.8. The molecule has 3 heterocycles. The SMILES string of the molecule is c1ccc(-c2cccc(-c3nc(-c4ccccc4)nc(-c4ccc5c6ccccc6n(-c6cccc7oc8cc(-c9ccccc9)ccc8c67)c5c4)n3)c2)cc1. The minimum absolute atomic E-state index is 0.609. The van der Waals surface area contributed by atoms with Gasteiger partial charge in [-0.25, -0.2) is 15.0 Å². The molecule has 0 aliphatic heterocycles. The van der Waals surface area contributed by atoms with Gasteiger partial charge in [-0.1, -0.05) is 152 Å². The van der Waals surface area contributed by atoms with Gasteiger partial charge in [0.2, 0.25) is 0 Å². The second kappa shape index (κ2) is 13.0. The van der Waals surface area contributed by atoms with Crippen molar-refractivity contribution in [2.75, 3.05) is 0 Å². The van der Waals surface area contributed by atoms with Gasteiger partial charge in [0.1, 0.15) is 11.2 Å². The van der Waals surface area contributed by atoms with Crippen molar-refractivity contribution < 1.29 is 4.42 Å². The number of fused-ring (bicyclic) bond motifs is 6. The van der Waals surface area contributed by atoms with Gasteiger partial charge in [0.15, 0.2) is 17.5 Å². The summed E-state index contributed by atoms with van der Waals surface area (Å²) in [5, 5.41) is 4.46. The van der Waals surface area contributed by atoms with Gasteiger partial charge < -0.3 is 8.98 Å². The lowest BCUT2D eigenvalue weighted by molar-refractivity contribution is 0.669. The van der Waals surface area contributed by atoms with Crippen LogP contribution in [0.5, 0.6) is 0 Å². The predicted octanol–water partition coefficient (Wildman–Crippen LogP) is 13.2. The molecule has 0 atom stereocenters. The second-order valence-electron chi connectivity index (χ2n) is 14.0. The summed E-state index contributed by atoms with van der Waals surface area (Å²) < 4.78 is 8.94. The predicted molar refractivity (Wildman–Crippen MR) is 229 cm³/mol. The van der Waals surface area contributed by atoms with Crippen LogP contribution in [0.25, 0.3) is 106 Å². The largest absolute Gasteiger partial charge is 0.456 e. The van der Waals surface area contributed by atoms with Gasteiger partial charge in [-0.2, -0.15) is 0 Å². The van der Waals surface area contributed by atoms with Crippen LogP contribution in [-0.4, -0.2) is 19.5 Å². The molecular formula is C51H32N4O. The van der Waals surface area contributed by atoms with Crippen LogP contribution in [0.4, 0.5) is 0 Å². The molecule has 0 saturated heterocycles. The highest BCUT2D eigenvalue weighted by Crippen LogP contribution is 2.40. The van der Waals surface area contributed by atoms with E-state index in [0.717, 1.165) is 83.0 Å². The Labute approximate surface area is 322 Å². The standard InChI is InChI=1S/C51H32N4O/c1-4-14-33(15-5-1)36-20-12-21-38(30-36)50-52-49(35-18-8-3-9-19-35)53-51(54-50)39-27-28-41-40-22-10-11-23-43(40)55(45(41)31-39)44-24-13-25-46-48(44)42-29-26-37(32-47(42)56-46)34-16-6-2-7-17-34/h1-32H. The van der Waals surface area contributed by atoms with Crippen molar-refractivity contribution in [3.63, 3.8) is 0 Å². The average Bonchev–Trinajstić information content (AvgIpc) is 3.82. The third-order valence-electron chi connectivity index (χ3n) is 10.7. The van der Waals surface area contributed by atoms with Gasteiger partial charge in [0.25, 0.3) is 0 Å². The second-order valence-corrected chi connectivity index (χ2v) is 14.0. The summed E-state index contributed by atoms with van der Waals surface area (Å²) in [5.74, 6) is 1.86. The fourth-order valence-corrected chi connectivity index (χ4v) is 7.99. The van der Waals surface area contributed by atoms with Gasteiger partial charge in [-0.15, -0.1) is 0 Å². The number of furan rings is 1. The fourth-order valence-electron chi connectivity index (χ4n) is 7.99. The summed E-state index contributed by atoms with van der Waals surface area (Å²) >= 11 is 0. The Morgan fingerprint density at radius 1 is 0.321 bits per heavy atom. The molecule has 0 saturated carbocycles. The van der Waals surface area contributed by atoms with E-state index >= 15 is 0 Å². The summed E-state index contributed by atoms with van der Waals surface area (Å²) in [6.45, 7) is 0. The van der Waals surface area contributed by atoms with Crippen LogP contribution in [0.1, 0.15) is 0 Å². The van der Waals surface area contributed by atoms with E-state index in [9.17, 15) is 0 Å². The van der Waals surface area contributed by atoms with Crippen molar-refractivity contribution in [1.82, 2.24) is 19.5 Å². The Hall–Kier alpha value is -7.63. The number of para-hydroxylation sites is 1. The summed E-state index contributed by atoms with van der Waals surface area (Å²) in [6.07, 6.45) is 0. The molecule has 3 aromatic heterocycles. The van der Waals surface area contributed by atoms with Crippen LogP contribution >= 0.6 is 0 Å². The lowest BCUT2D eigenvalue weighted by Crippen LogP contribution is -2.00. The Morgan fingerprint density at radius 2 is 0.839 bits per heavy atom. The molecule has 0 aliphatic carbocycles. The molecule has 262 valence electrons. The Morgan fingerprint density at radius 3 is 1.57 bits per heavy atom. The molecule has 5 heteroatoms. The van der Waals surface area contributed by atoms with Gasteiger partial charge in [0.05, 0.1) is 22.1 Å². The van der Waals surface area contributed by atoms with Crippen LogP contribution in [0.3, 0.4) is 0 Å². The van der Waals surface area contributed by atoms with Crippen LogP contribution in [0.2, 0.25) is 0 Å². The van der Waals surface area contributed by atoms with E-state index in [2.05, 4.69) is 156 Å². The molecule has 0 N–H and O–H groups in total. The normalized spacial score (nSPS) is 11.6. The van der Waals surface area contributed by atoms with E-state index in [1.54, 1.807) is 0 Å². The molecule has 56 heavy (non-hydrogen) atoms. The van der Waals surface area contributed by atoms with Gasteiger partial charge in [0, 0.05) is 32.8 Å². The maximum Gasteiger partial charge on any atom is 0.164 e. The number of aromatic nitrogens is 4. The fraction of sp³-hybridized carbons (Fsp3) is 0. The third-order valence-corrected chi connectivity index (χ3v) is 10.7. The highest BCUT2D eigenvalue weighted by molar-refractivity contribution is 6.15. The highest BCUT2D eigenvalue weighted by atomic mass is 16.3. The molecule has 5 nitrogen and oxygen atoms in total. The quantitative estimate of drug-likeness (QED) is 0.172. The van der Waals surface area contributed by atoms with Gasteiger partial charge in [-0.3, -0.25) is 0 Å². The minimum atomic E-state index is 0.609. The monoisotopic (exact) mass is 716 g/mol. The van der Waals surface area contributed by atoms with Crippen molar-refractivity contribution in [1.29, 1.82) is 0 Å². The van der Waals surface area contributed by atoms with E-state index in [1.165, 1.54) is 5.39 Å². The van der Waals surface area contributed by atoms with E-state index < -0.39 is 0 Å². The molecule has 0 spiro atoms. The average molecular weight is 717 g/mol. The first kappa shape index (κ1) is 31.9. The molecule has 11 rings (SSSR count). The molecule has 0 amide bonds. The zero-order valence-corrected chi connectivity index (χ0v) is 30.2. The number of nitrogens with zero attached hydrogens (tertiary/aromatic N) is 4. The van der Waals surface area contributed by atoms with Crippen molar-refractivity contribution in [3.05, 3.63) is 194 Å². The maximum absolute atomic E-state index is 6.58. The van der Waals surface area contributed by atoms with E-state index in [1.807, 2.05) is 42.5 Å².